The second kappa shape index (κ2) is 6.90. The normalized spacial score (nSPS) is 17.1. The zero-order chi connectivity index (χ0) is 17.2. The molecule has 1 aliphatic heterocycles. The lowest BCUT2D eigenvalue weighted by molar-refractivity contribution is -0.129. The zero-order valence-corrected chi connectivity index (χ0v) is 14.8. The maximum Gasteiger partial charge on any atom is 0.232 e. The number of aromatic nitrogens is 1. The van der Waals surface area contributed by atoms with E-state index in [0.29, 0.717) is 12.5 Å². The van der Waals surface area contributed by atoms with E-state index in [9.17, 15) is 4.79 Å². The molecule has 5 heteroatoms. The molecule has 1 saturated carbocycles. The molecule has 0 bridgehead atoms. The first-order valence-electron chi connectivity index (χ1n) is 9.27. The van der Waals surface area contributed by atoms with Crippen LogP contribution < -0.4 is 4.90 Å². The van der Waals surface area contributed by atoms with Crippen LogP contribution in [0.15, 0.2) is 34.9 Å². The molecule has 0 atom stereocenters. The van der Waals surface area contributed by atoms with Crippen LogP contribution in [0, 0.1) is 5.92 Å². The Morgan fingerprint density at radius 3 is 2.60 bits per heavy atom. The molecule has 132 valence electrons. The van der Waals surface area contributed by atoms with Crippen molar-refractivity contribution in [2.75, 3.05) is 24.5 Å². The number of carbonyl (C=O) groups excluding carboxylic acids is 1. The zero-order valence-electron chi connectivity index (χ0n) is 14.8. The molecule has 1 aromatic heterocycles. The topological polar surface area (TPSA) is 49.6 Å². The van der Waals surface area contributed by atoms with Gasteiger partial charge in [0.15, 0.2) is 0 Å². The summed E-state index contributed by atoms with van der Waals surface area (Å²) in [6, 6.07) is 10.1. The molecule has 2 aromatic rings. The number of anilines is 1. The van der Waals surface area contributed by atoms with Crippen molar-refractivity contribution in [1.29, 1.82) is 0 Å². The molecule has 0 unspecified atom stereocenters. The van der Waals surface area contributed by atoms with Crippen molar-refractivity contribution in [3.05, 3.63) is 35.9 Å². The number of hydrogen-bond donors (Lipinski definition) is 0. The minimum atomic E-state index is 0.125. The molecule has 25 heavy (non-hydrogen) atoms. The third-order valence-corrected chi connectivity index (χ3v) is 5.18. The Morgan fingerprint density at radius 2 is 1.96 bits per heavy atom. The van der Waals surface area contributed by atoms with Gasteiger partial charge in [-0.15, -0.1) is 0 Å². The summed E-state index contributed by atoms with van der Waals surface area (Å²) in [5, 5.41) is 4.38. The van der Waals surface area contributed by atoms with Gasteiger partial charge in [-0.05, 0) is 31.6 Å². The minimum absolute atomic E-state index is 0.125. The number of nitrogens with zero attached hydrogens (tertiary/aromatic N) is 3. The quantitative estimate of drug-likeness (QED) is 0.805. The third-order valence-electron chi connectivity index (χ3n) is 5.18. The second-order valence-corrected chi connectivity index (χ2v) is 7.22. The average molecular weight is 339 g/mol. The van der Waals surface area contributed by atoms with E-state index < -0.39 is 0 Å². The molecule has 2 fully saturated rings. The molecule has 0 N–H and O–H groups in total. The summed E-state index contributed by atoms with van der Waals surface area (Å²) >= 11 is 0. The summed E-state index contributed by atoms with van der Waals surface area (Å²) < 4.78 is 5.77. The fraction of sp³-hybridized carbons (Fsp3) is 0.500. The lowest BCUT2D eigenvalue weighted by atomic mass is 10.1. The van der Waals surface area contributed by atoms with Crippen LogP contribution in [-0.2, 0) is 11.3 Å². The molecular weight excluding hydrogens is 314 g/mol. The third kappa shape index (κ3) is 3.55. The Hall–Kier alpha value is -2.30. The minimum Gasteiger partial charge on any atom is -0.340 e. The Kier molecular flexibility index (Phi) is 4.47. The van der Waals surface area contributed by atoms with Crippen molar-refractivity contribution in [1.82, 2.24) is 10.1 Å². The SMILES string of the molecule is CC(=O)N(Cc1c(-c2ccccc2)noc1N1CCCC1)CC1CC1. The van der Waals surface area contributed by atoms with E-state index in [-0.39, 0.29) is 5.91 Å². The van der Waals surface area contributed by atoms with Gasteiger partial charge in [-0.1, -0.05) is 35.5 Å². The van der Waals surface area contributed by atoms with Crippen LogP contribution in [0.2, 0.25) is 0 Å². The highest BCUT2D eigenvalue weighted by Crippen LogP contribution is 2.35. The Balaban J connectivity index is 1.68. The summed E-state index contributed by atoms with van der Waals surface area (Å²) in [5.41, 5.74) is 2.95. The highest BCUT2D eigenvalue weighted by atomic mass is 16.5. The van der Waals surface area contributed by atoms with Crippen molar-refractivity contribution in [2.24, 2.45) is 5.92 Å². The van der Waals surface area contributed by atoms with E-state index in [4.69, 9.17) is 4.52 Å². The number of amides is 1. The largest absolute Gasteiger partial charge is 0.340 e. The first-order valence-corrected chi connectivity index (χ1v) is 9.27. The van der Waals surface area contributed by atoms with Crippen molar-refractivity contribution < 1.29 is 9.32 Å². The van der Waals surface area contributed by atoms with Gasteiger partial charge in [0, 0.05) is 32.1 Å². The van der Waals surface area contributed by atoms with E-state index in [1.807, 2.05) is 35.2 Å². The van der Waals surface area contributed by atoms with Gasteiger partial charge in [0.05, 0.1) is 12.1 Å². The first kappa shape index (κ1) is 16.2. The highest BCUT2D eigenvalue weighted by molar-refractivity contribution is 5.75. The summed E-state index contributed by atoms with van der Waals surface area (Å²) in [4.78, 5) is 16.4. The van der Waals surface area contributed by atoms with E-state index in [1.54, 1.807) is 6.92 Å². The molecule has 0 spiro atoms. The second-order valence-electron chi connectivity index (χ2n) is 7.22. The van der Waals surface area contributed by atoms with Gasteiger partial charge >= 0.3 is 0 Å². The fourth-order valence-corrected chi connectivity index (χ4v) is 3.54. The van der Waals surface area contributed by atoms with Gasteiger partial charge in [-0.3, -0.25) is 4.79 Å². The van der Waals surface area contributed by atoms with Crippen molar-refractivity contribution in [3.8, 4) is 11.3 Å². The van der Waals surface area contributed by atoms with Gasteiger partial charge < -0.3 is 14.3 Å². The van der Waals surface area contributed by atoms with Crippen LogP contribution in [-0.4, -0.2) is 35.6 Å². The monoisotopic (exact) mass is 339 g/mol. The van der Waals surface area contributed by atoms with E-state index in [1.165, 1.54) is 25.7 Å². The van der Waals surface area contributed by atoms with Crippen molar-refractivity contribution >= 4 is 11.8 Å². The fourth-order valence-electron chi connectivity index (χ4n) is 3.54. The molecule has 2 aliphatic rings. The predicted molar refractivity (Wildman–Crippen MR) is 97.2 cm³/mol. The van der Waals surface area contributed by atoms with E-state index in [0.717, 1.165) is 42.3 Å². The molecule has 2 heterocycles. The molecule has 5 nitrogen and oxygen atoms in total. The maximum atomic E-state index is 12.2. The summed E-state index contributed by atoms with van der Waals surface area (Å²) in [5.74, 6) is 1.64. The number of carbonyl (C=O) groups is 1. The molecule has 1 aromatic carbocycles. The molecule has 0 radical (unpaired) electrons. The molecule has 1 amide bonds. The standard InChI is InChI=1S/C20H25N3O2/c1-15(24)23(13-16-9-10-16)14-18-19(17-7-3-2-4-8-17)21-25-20(18)22-11-5-6-12-22/h2-4,7-8,16H,5-6,9-14H2,1H3. The van der Waals surface area contributed by atoms with Gasteiger partial charge in [0.25, 0.3) is 0 Å². The first-order chi connectivity index (χ1) is 12.2. The number of benzene rings is 1. The van der Waals surface area contributed by atoms with Crippen molar-refractivity contribution in [3.63, 3.8) is 0 Å². The number of hydrogen-bond acceptors (Lipinski definition) is 4. The summed E-state index contributed by atoms with van der Waals surface area (Å²) in [7, 11) is 0. The number of rotatable bonds is 6. The van der Waals surface area contributed by atoms with E-state index >= 15 is 0 Å². The maximum absolute atomic E-state index is 12.2. The predicted octanol–water partition coefficient (Wildman–Crippen LogP) is 3.70. The van der Waals surface area contributed by atoms with Crippen molar-refractivity contribution in [2.45, 2.75) is 39.2 Å². The summed E-state index contributed by atoms with van der Waals surface area (Å²) in [6.07, 6.45) is 4.83. The molecule has 1 aliphatic carbocycles. The van der Waals surface area contributed by atoms with Crippen LogP contribution in [0.25, 0.3) is 11.3 Å². The molecule has 1 saturated heterocycles. The van der Waals surface area contributed by atoms with Gasteiger partial charge in [0.1, 0.15) is 5.69 Å². The Bertz CT molecular complexity index is 731. The Labute approximate surface area is 148 Å². The van der Waals surface area contributed by atoms with E-state index in [2.05, 4.69) is 10.1 Å². The smallest absolute Gasteiger partial charge is 0.232 e. The average Bonchev–Trinajstić information content (AvgIpc) is 3.10. The van der Waals surface area contributed by atoms with Gasteiger partial charge in [-0.25, -0.2) is 0 Å². The lowest BCUT2D eigenvalue weighted by Gasteiger charge is -2.23. The summed E-state index contributed by atoms with van der Waals surface area (Å²) in [6.45, 7) is 5.07. The molecule has 4 rings (SSSR count). The lowest BCUT2D eigenvalue weighted by Crippen LogP contribution is -2.31. The Morgan fingerprint density at radius 1 is 1.24 bits per heavy atom. The highest BCUT2D eigenvalue weighted by Gasteiger charge is 2.30. The van der Waals surface area contributed by atoms with Crippen LogP contribution in [0.1, 0.15) is 38.2 Å². The van der Waals surface area contributed by atoms with Crippen LogP contribution in [0.5, 0.6) is 0 Å². The van der Waals surface area contributed by atoms with Gasteiger partial charge in [-0.2, -0.15) is 0 Å². The van der Waals surface area contributed by atoms with Crippen LogP contribution in [0.4, 0.5) is 5.88 Å². The van der Waals surface area contributed by atoms with Crippen LogP contribution in [0.3, 0.4) is 0 Å². The molecular formula is C20H25N3O2. The van der Waals surface area contributed by atoms with Gasteiger partial charge in [0.2, 0.25) is 11.8 Å². The van der Waals surface area contributed by atoms with Crippen LogP contribution >= 0.6 is 0 Å².